The topological polar surface area (TPSA) is 112 Å². The summed E-state index contributed by atoms with van der Waals surface area (Å²) in [6, 6.07) is 0. The van der Waals surface area contributed by atoms with Crippen LogP contribution in [0.1, 0.15) is 132 Å². The maximum atomic E-state index is 10.4. The van der Waals surface area contributed by atoms with Gasteiger partial charge in [-0.25, -0.2) is 0 Å². The van der Waals surface area contributed by atoms with Crippen molar-refractivity contribution in [3.63, 3.8) is 0 Å². The summed E-state index contributed by atoms with van der Waals surface area (Å²) in [7, 11) is 0. The summed E-state index contributed by atoms with van der Waals surface area (Å²) < 4.78 is 0.963. The third-order valence-electron chi connectivity index (χ3n) is 5.24. The molecule has 0 spiro atoms. The van der Waals surface area contributed by atoms with Crippen molar-refractivity contribution < 1.29 is 29.7 Å². The summed E-state index contributed by atoms with van der Waals surface area (Å²) in [6.45, 7) is 16.5. The van der Waals surface area contributed by atoms with Gasteiger partial charge in [0.05, 0.1) is 17.8 Å². The number of carbonyl (C=O) groups is 3. The van der Waals surface area contributed by atoms with Crippen LogP contribution in [-0.2, 0) is 14.4 Å². The van der Waals surface area contributed by atoms with Crippen LogP contribution in [0, 0.1) is 17.8 Å². The van der Waals surface area contributed by atoms with Crippen LogP contribution in [0.2, 0.25) is 3.93 Å². The number of unbranched alkanes of at least 4 members (excludes halogenated alkanes) is 3. The molecule has 0 amide bonds. The number of hydrogen-bond acceptors (Lipinski definition) is 3. The van der Waals surface area contributed by atoms with E-state index in [0.717, 1.165) is 81.0 Å². The number of rotatable bonds is 15. The predicted molar refractivity (Wildman–Crippen MR) is 145 cm³/mol. The molecule has 204 valence electrons. The Morgan fingerprint density at radius 2 is 0.735 bits per heavy atom. The van der Waals surface area contributed by atoms with Crippen LogP contribution in [0.25, 0.3) is 0 Å². The zero-order chi connectivity index (χ0) is 27.5. The molecule has 0 aromatic carbocycles. The average Bonchev–Trinajstić information content (AvgIpc) is 2.75. The van der Waals surface area contributed by atoms with Crippen molar-refractivity contribution in [3.8, 4) is 0 Å². The van der Waals surface area contributed by atoms with E-state index in [4.69, 9.17) is 15.3 Å². The summed E-state index contributed by atoms with van der Waals surface area (Å²) in [5.41, 5.74) is 0. The molecule has 0 heterocycles. The first-order chi connectivity index (χ1) is 15.9. The number of hydrogen-bond donors (Lipinski definition) is 3. The minimum absolute atomic E-state index is 0.111. The van der Waals surface area contributed by atoms with E-state index in [0.29, 0.717) is 0 Å². The van der Waals surface area contributed by atoms with Gasteiger partial charge in [-0.3, -0.25) is 14.4 Å². The van der Waals surface area contributed by atoms with Gasteiger partial charge in [0.25, 0.3) is 0 Å². The van der Waals surface area contributed by atoms with E-state index in [1.807, 2.05) is 20.8 Å². The molecule has 0 bridgehead atoms. The fraction of sp³-hybridized carbons (Fsp3) is 0.889. The molecule has 0 aliphatic carbocycles. The van der Waals surface area contributed by atoms with E-state index in [9.17, 15) is 14.4 Å². The molecule has 7 heteroatoms. The van der Waals surface area contributed by atoms with Gasteiger partial charge < -0.3 is 15.3 Å². The quantitative estimate of drug-likeness (QED) is 0.168. The third-order valence-corrected chi connectivity index (χ3v) is 5.24. The maximum absolute atomic E-state index is 10.4. The standard InChI is InChI=1S/3C8H16O2.C3H7.Sn.H/c3*1-3-5-6-7(4-2)8(9)10;1-3-2;;/h3*7H,3-6H2,1-2H3,(H,9,10);3H,1-2H3;;. The van der Waals surface area contributed by atoms with Crippen molar-refractivity contribution in [2.45, 2.75) is 136 Å². The molecular formula is C27H56O6Sn. The molecule has 3 unspecified atom stereocenters. The Morgan fingerprint density at radius 1 is 0.559 bits per heavy atom. The molecule has 0 fully saturated rings. The molecule has 0 aromatic heterocycles. The fourth-order valence-electron chi connectivity index (χ4n) is 2.86. The van der Waals surface area contributed by atoms with Crippen molar-refractivity contribution in [2.75, 3.05) is 0 Å². The Hall–Kier alpha value is -0.791. The van der Waals surface area contributed by atoms with Gasteiger partial charge in [0.15, 0.2) is 0 Å². The molecule has 0 aromatic rings. The van der Waals surface area contributed by atoms with Gasteiger partial charge in [-0.05, 0) is 38.5 Å². The van der Waals surface area contributed by atoms with Crippen molar-refractivity contribution in [1.29, 1.82) is 0 Å². The summed E-state index contributed by atoms with van der Waals surface area (Å²) in [4.78, 5) is 31.3. The van der Waals surface area contributed by atoms with Crippen molar-refractivity contribution in [2.24, 2.45) is 17.8 Å². The Labute approximate surface area is 223 Å². The predicted octanol–water partition coefficient (Wildman–Crippen LogP) is 7.58. The normalized spacial score (nSPS) is 12.5. The van der Waals surface area contributed by atoms with Crippen molar-refractivity contribution in [3.05, 3.63) is 0 Å². The number of aliphatic carboxylic acids is 3. The Bertz CT molecular complexity index is 403. The van der Waals surface area contributed by atoms with Crippen molar-refractivity contribution >= 4 is 40.4 Å². The van der Waals surface area contributed by atoms with Crippen LogP contribution in [0.5, 0.6) is 0 Å². The molecule has 6 nitrogen and oxygen atoms in total. The van der Waals surface area contributed by atoms with Gasteiger partial charge in [0.2, 0.25) is 0 Å². The Balaban J connectivity index is -0.000000184. The number of carboxylic acid groups (broad SMARTS) is 3. The fourth-order valence-corrected chi connectivity index (χ4v) is 2.86. The summed E-state index contributed by atoms with van der Waals surface area (Å²) >= 11 is 1.40. The second-order valence-electron chi connectivity index (χ2n) is 9.00. The Kier molecular flexibility index (Phi) is 35.9. The van der Waals surface area contributed by atoms with Gasteiger partial charge in [-0.2, -0.15) is 0 Å². The molecule has 2 radical (unpaired) electrons. The van der Waals surface area contributed by atoms with E-state index >= 15 is 0 Å². The Morgan fingerprint density at radius 3 is 0.824 bits per heavy atom. The van der Waals surface area contributed by atoms with E-state index in [1.165, 1.54) is 22.5 Å². The first-order valence-electron chi connectivity index (χ1n) is 13.3. The SMILES string of the molecule is CCCCC(CC)C(=O)O.CCCCC(CC)C(=O)O.CCCCC(CC)C(=O)O.C[CH](C)[SnH]. The monoisotopic (exact) mass is 596 g/mol. The molecule has 3 atom stereocenters. The second-order valence-corrected chi connectivity index (χ2v) is 12.8. The first kappa shape index (κ1) is 40.4. The van der Waals surface area contributed by atoms with E-state index in [1.54, 1.807) is 0 Å². The van der Waals surface area contributed by atoms with Crippen LogP contribution in [0.15, 0.2) is 0 Å². The minimum atomic E-state index is -0.643. The van der Waals surface area contributed by atoms with Gasteiger partial charge in [0, 0.05) is 0 Å². The molecular weight excluding hydrogens is 539 g/mol. The second kappa shape index (κ2) is 30.2. The molecule has 0 rings (SSSR count). The molecule has 0 aliphatic heterocycles. The molecule has 0 aliphatic rings. The van der Waals surface area contributed by atoms with E-state index < -0.39 is 17.9 Å². The van der Waals surface area contributed by atoms with Crippen LogP contribution in [0.3, 0.4) is 0 Å². The summed E-state index contributed by atoms with van der Waals surface area (Å²) in [5, 5.41) is 25.8. The van der Waals surface area contributed by atoms with E-state index in [2.05, 4.69) is 34.6 Å². The van der Waals surface area contributed by atoms with Crippen LogP contribution < -0.4 is 0 Å². The molecule has 34 heavy (non-hydrogen) atoms. The van der Waals surface area contributed by atoms with E-state index in [-0.39, 0.29) is 17.8 Å². The molecule has 0 saturated carbocycles. The van der Waals surface area contributed by atoms with Crippen LogP contribution >= 0.6 is 0 Å². The summed E-state index contributed by atoms with van der Waals surface area (Å²) in [6.07, 6.45) is 11.1. The molecule has 3 N–H and O–H groups in total. The van der Waals surface area contributed by atoms with Gasteiger partial charge >= 0.3 is 58.2 Å². The average molecular weight is 595 g/mol. The zero-order valence-electron chi connectivity index (χ0n) is 23.4. The van der Waals surface area contributed by atoms with Crippen LogP contribution in [0.4, 0.5) is 0 Å². The van der Waals surface area contributed by atoms with Gasteiger partial charge in [0.1, 0.15) is 0 Å². The van der Waals surface area contributed by atoms with Gasteiger partial charge in [-0.1, -0.05) is 80.1 Å². The summed E-state index contributed by atoms with van der Waals surface area (Å²) in [5.74, 6) is -2.26. The number of carboxylic acids is 3. The molecule has 0 saturated heterocycles. The van der Waals surface area contributed by atoms with Gasteiger partial charge in [-0.15, -0.1) is 0 Å². The zero-order valence-corrected chi connectivity index (χ0v) is 26.7. The van der Waals surface area contributed by atoms with Crippen LogP contribution in [-0.4, -0.2) is 55.8 Å². The first-order valence-corrected chi connectivity index (χ1v) is 15.2. The van der Waals surface area contributed by atoms with Crippen molar-refractivity contribution in [1.82, 2.24) is 0 Å². The third kappa shape index (κ3) is 33.4.